The highest BCUT2D eigenvalue weighted by Crippen LogP contribution is 2.21. The van der Waals surface area contributed by atoms with Gasteiger partial charge in [0.05, 0.1) is 6.04 Å². The van der Waals surface area contributed by atoms with Gasteiger partial charge in [0.1, 0.15) is 12.1 Å². The Morgan fingerprint density at radius 2 is 1.91 bits per heavy atom. The molecule has 0 aliphatic carbocycles. The van der Waals surface area contributed by atoms with E-state index in [1.54, 1.807) is 0 Å². The van der Waals surface area contributed by atoms with Gasteiger partial charge in [0.15, 0.2) is 0 Å². The van der Waals surface area contributed by atoms with Crippen molar-refractivity contribution in [3.8, 4) is 0 Å². The fourth-order valence-corrected chi connectivity index (χ4v) is 2.70. The lowest BCUT2D eigenvalue weighted by atomic mass is 9.96. The van der Waals surface area contributed by atoms with Gasteiger partial charge in [0.25, 0.3) is 0 Å². The Morgan fingerprint density at radius 1 is 1.30 bits per heavy atom. The molecule has 132 valence electrons. The van der Waals surface area contributed by atoms with Crippen LogP contribution in [0.25, 0.3) is 0 Å². The lowest BCUT2D eigenvalue weighted by Gasteiger charge is -2.31. The van der Waals surface area contributed by atoms with Crippen LogP contribution in [0.15, 0.2) is 0 Å². The Labute approximate surface area is 137 Å². The van der Waals surface area contributed by atoms with Crippen molar-refractivity contribution < 1.29 is 19.5 Å². The van der Waals surface area contributed by atoms with E-state index < -0.39 is 24.1 Å². The van der Waals surface area contributed by atoms with Crippen LogP contribution in [0.2, 0.25) is 0 Å². The summed E-state index contributed by atoms with van der Waals surface area (Å²) in [6.07, 6.45) is 1.81. The smallest absolute Gasteiger partial charge is 0.326 e. The highest BCUT2D eigenvalue weighted by atomic mass is 16.4. The van der Waals surface area contributed by atoms with Gasteiger partial charge < -0.3 is 21.1 Å². The number of nitrogens with two attached hydrogens (primary N) is 1. The molecule has 0 spiro atoms. The number of rotatable bonds is 7. The summed E-state index contributed by atoms with van der Waals surface area (Å²) >= 11 is 0. The summed E-state index contributed by atoms with van der Waals surface area (Å²) in [6.45, 7) is 7.89. The number of nitrogens with one attached hydrogen (secondary N) is 1. The molecule has 1 rings (SSSR count). The van der Waals surface area contributed by atoms with Crippen molar-refractivity contribution in [2.75, 3.05) is 6.54 Å². The zero-order chi connectivity index (χ0) is 17.7. The third kappa shape index (κ3) is 4.67. The second-order valence-corrected chi connectivity index (χ2v) is 6.67. The van der Waals surface area contributed by atoms with Crippen molar-refractivity contribution in [2.24, 2.45) is 17.6 Å². The maximum Gasteiger partial charge on any atom is 0.326 e. The zero-order valence-electron chi connectivity index (χ0n) is 14.4. The van der Waals surface area contributed by atoms with E-state index in [9.17, 15) is 19.5 Å². The molecule has 0 aromatic heterocycles. The van der Waals surface area contributed by atoms with E-state index in [4.69, 9.17) is 5.73 Å². The largest absolute Gasteiger partial charge is 0.480 e. The number of carbonyl (C=O) groups is 3. The van der Waals surface area contributed by atoms with Crippen LogP contribution in [0.1, 0.15) is 47.0 Å². The number of hydrogen-bond acceptors (Lipinski definition) is 4. The lowest BCUT2D eigenvalue weighted by Crippen LogP contribution is -2.57. The molecule has 4 atom stereocenters. The van der Waals surface area contributed by atoms with Crippen LogP contribution >= 0.6 is 0 Å². The first-order chi connectivity index (χ1) is 10.7. The van der Waals surface area contributed by atoms with Crippen molar-refractivity contribution in [2.45, 2.75) is 65.1 Å². The summed E-state index contributed by atoms with van der Waals surface area (Å²) in [7, 11) is 0. The molecule has 1 fully saturated rings. The molecule has 0 radical (unpaired) electrons. The first kappa shape index (κ1) is 19.4. The van der Waals surface area contributed by atoms with Gasteiger partial charge in [-0.05, 0) is 24.7 Å². The molecule has 0 saturated carbocycles. The van der Waals surface area contributed by atoms with Gasteiger partial charge in [0.2, 0.25) is 11.8 Å². The molecule has 1 aliphatic heterocycles. The number of hydrogen-bond donors (Lipinski definition) is 3. The fraction of sp³-hybridized carbons (Fsp3) is 0.812. The molecule has 0 bridgehead atoms. The molecule has 7 heteroatoms. The molecule has 4 N–H and O–H groups in total. The van der Waals surface area contributed by atoms with Crippen LogP contribution < -0.4 is 11.1 Å². The van der Waals surface area contributed by atoms with E-state index in [0.717, 1.165) is 0 Å². The van der Waals surface area contributed by atoms with Crippen LogP contribution in [0.5, 0.6) is 0 Å². The Morgan fingerprint density at radius 3 is 2.39 bits per heavy atom. The lowest BCUT2D eigenvalue weighted by molar-refractivity contribution is -0.150. The predicted molar refractivity (Wildman–Crippen MR) is 86.6 cm³/mol. The predicted octanol–water partition coefficient (Wildman–Crippen LogP) is 0.576. The van der Waals surface area contributed by atoms with Crippen molar-refractivity contribution in [1.29, 1.82) is 0 Å². The van der Waals surface area contributed by atoms with E-state index in [-0.39, 0.29) is 23.7 Å². The van der Waals surface area contributed by atoms with Crippen LogP contribution in [0.4, 0.5) is 0 Å². The van der Waals surface area contributed by atoms with E-state index in [0.29, 0.717) is 25.8 Å². The topological polar surface area (TPSA) is 113 Å². The van der Waals surface area contributed by atoms with Crippen molar-refractivity contribution in [1.82, 2.24) is 10.2 Å². The maximum absolute atomic E-state index is 12.8. The minimum Gasteiger partial charge on any atom is -0.480 e. The van der Waals surface area contributed by atoms with Crippen LogP contribution in [-0.2, 0) is 14.4 Å². The minimum atomic E-state index is -0.996. The summed E-state index contributed by atoms with van der Waals surface area (Å²) in [5.74, 6) is -1.83. The van der Waals surface area contributed by atoms with Crippen LogP contribution in [0.3, 0.4) is 0 Å². The summed E-state index contributed by atoms with van der Waals surface area (Å²) in [6, 6.07) is -2.23. The Bertz CT molecular complexity index is 453. The van der Waals surface area contributed by atoms with Gasteiger partial charge in [-0.2, -0.15) is 0 Å². The van der Waals surface area contributed by atoms with Gasteiger partial charge >= 0.3 is 5.97 Å². The van der Waals surface area contributed by atoms with E-state index >= 15 is 0 Å². The molecule has 1 saturated heterocycles. The van der Waals surface area contributed by atoms with Crippen molar-refractivity contribution in [3.63, 3.8) is 0 Å². The zero-order valence-corrected chi connectivity index (χ0v) is 14.4. The standard InChI is InChI=1S/C16H29N3O4/c1-5-10(4)13(18-14(20)12(17)9(2)3)15(21)19-8-6-7-11(19)16(22)23/h9-13H,5-8,17H2,1-4H3,(H,18,20)(H,22,23)/t10-,11-,12-,13-/m0/s1. The van der Waals surface area contributed by atoms with Gasteiger partial charge in [-0.15, -0.1) is 0 Å². The molecular weight excluding hydrogens is 298 g/mol. The van der Waals surface area contributed by atoms with Gasteiger partial charge in [0, 0.05) is 6.54 Å². The van der Waals surface area contributed by atoms with E-state index in [2.05, 4.69) is 5.32 Å². The molecule has 0 unspecified atom stereocenters. The number of likely N-dealkylation sites (tertiary alicyclic amines) is 1. The molecule has 2 amide bonds. The number of amides is 2. The van der Waals surface area contributed by atoms with Gasteiger partial charge in [-0.25, -0.2) is 4.79 Å². The fourth-order valence-electron chi connectivity index (χ4n) is 2.70. The van der Waals surface area contributed by atoms with Crippen LogP contribution in [-0.4, -0.2) is 52.5 Å². The first-order valence-electron chi connectivity index (χ1n) is 8.29. The van der Waals surface area contributed by atoms with Gasteiger partial charge in [-0.3, -0.25) is 9.59 Å². The highest BCUT2D eigenvalue weighted by Gasteiger charge is 2.39. The van der Waals surface area contributed by atoms with E-state index in [1.807, 2.05) is 27.7 Å². The highest BCUT2D eigenvalue weighted by molar-refractivity contribution is 5.92. The summed E-state index contributed by atoms with van der Waals surface area (Å²) < 4.78 is 0. The third-order valence-electron chi connectivity index (χ3n) is 4.62. The second kappa shape index (κ2) is 8.29. The minimum absolute atomic E-state index is 0.0405. The number of carboxylic acid groups (broad SMARTS) is 1. The third-order valence-corrected chi connectivity index (χ3v) is 4.62. The van der Waals surface area contributed by atoms with Crippen molar-refractivity contribution in [3.05, 3.63) is 0 Å². The molecule has 1 heterocycles. The monoisotopic (exact) mass is 327 g/mol. The SMILES string of the molecule is CC[C@H](C)[C@H](NC(=O)[C@@H](N)C(C)C)C(=O)N1CCC[C@H]1C(=O)O. The Kier molecular flexibility index (Phi) is 7.00. The Hall–Kier alpha value is -1.63. The first-order valence-corrected chi connectivity index (χ1v) is 8.29. The van der Waals surface area contributed by atoms with E-state index in [1.165, 1.54) is 4.90 Å². The number of carboxylic acids is 1. The molecule has 23 heavy (non-hydrogen) atoms. The summed E-state index contributed by atoms with van der Waals surface area (Å²) in [5, 5.41) is 12.0. The van der Waals surface area contributed by atoms with Gasteiger partial charge in [-0.1, -0.05) is 34.1 Å². The molecule has 1 aliphatic rings. The Balaban J connectivity index is 2.91. The molecular formula is C16H29N3O4. The molecule has 0 aromatic carbocycles. The van der Waals surface area contributed by atoms with Crippen molar-refractivity contribution >= 4 is 17.8 Å². The number of nitrogens with zero attached hydrogens (tertiary/aromatic N) is 1. The average Bonchev–Trinajstić information content (AvgIpc) is 2.99. The quantitative estimate of drug-likeness (QED) is 0.633. The van der Waals surface area contributed by atoms with Crippen LogP contribution in [0, 0.1) is 11.8 Å². The molecule has 0 aromatic rings. The summed E-state index contributed by atoms with van der Waals surface area (Å²) in [4.78, 5) is 37.7. The second-order valence-electron chi connectivity index (χ2n) is 6.67. The number of aliphatic carboxylic acids is 1. The molecule has 7 nitrogen and oxygen atoms in total. The number of carbonyl (C=O) groups excluding carboxylic acids is 2. The normalized spacial score (nSPS) is 21.8. The average molecular weight is 327 g/mol. The summed E-state index contributed by atoms with van der Waals surface area (Å²) in [5.41, 5.74) is 5.85. The maximum atomic E-state index is 12.8.